The number of anilines is 1. The summed E-state index contributed by atoms with van der Waals surface area (Å²) in [7, 11) is 0. The zero-order valence-electron chi connectivity index (χ0n) is 9.76. The fourth-order valence-electron chi connectivity index (χ4n) is 1.80. The zero-order valence-corrected chi connectivity index (χ0v) is 10.5. The lowest BCUT2D eigenvalue weighted by Gasteiger charge is -2.18. The number of phenolic OH excluding ortho intramolecular Hbond substituents is 2. The topological polar surface area (TPSA) is 65.4 Å². The average molecular weight is 265 g/mol. The highest BCUT2D eigenvalue weighted by Gasteiger charge is 2.14. The summed E-state index contributed by atoms with van der Waals surface area (Å²) in [6, 6.07) is 7.84. The summed E-state index contributed by atoms with van der Waals surface area (Å²) in [6.45, 7) is 1.84. The van der Waals surface area contributed by atoms with Crippen LogP contribution in [0.4, 0.5) is 5.69 Å². The van der Waals surface area contributed by atoms with Crippen molar-refractivity contribution in [2.45, 2.75) is 13.0 Å². The van der Waals surface area contributed by atoms with Crippen molar-refractivity contribution in [3.05, 3.63) is 47.2 Å². The molecule has 0 saturated heterocycles. The van der Waals surface area contributed by atoms with E-state index in [1.54, 1.807) is 24.4 Å². The summed E-state index contributed by atoms with van der Waals surface area (Å²) in [6.07, 6.45) is 1.59. The second kappa shape index (κ2) is 5.14. The average Bonchev–Trinajstić information content (AvgIpc) is 2.28. The molecular weight excluding hydrogens is 252 g/mol. The fourth-order valence-corrected chi connectivity index (χ4v) is 1.97. The van der Waals surface area contributed by atoms with Crippen molar-refractivity contribution in [2.75, 3.05) is 5.32 Å². The molecule has 0 bridgehead atoms. The van der Waals surface area contributed by atoms with E-state index >= 15 is 0 Å². The third-order valence-corrected chi connectivity index (χ3v) is 2.81. The normalized spacial score (nSPS) is 12.1. The molecule has 2 rings (SSSR count). The van der Waals surface area contributed by atoms with Crippen LogP contribution in [-0.4, -0.2) is 15.2 Å². The molecule has 0 aliphatic heterocycles. The Morgan fingerprint density at radius 2 is 1.89 bits per heavy atom. The van der Waals surface area contributed by atoms with Crippen LogP contribution in [0.25, 0.3) is 0 Å². The third kappa shape index (κ3) is 2.65. The van der Waals surface area contributed by atoms with Gasteiger partial charge in [0.15, 0.2) is 0 Å². The summed E-state index contributed by atoms with van der Waals surface area (Å²) >= 11 is 5.79. The maximum Gasteiger partial charge on any atom is 0.131 e. The number of benzene rings is 1. The minimum Gasteiger partial charge on any atom is -0.507 e. The van der Waals surface area contributed by atoms with Gasteiger partial charge in [0.1, 0.15) is 16.7 Å². The highest BCUT2D eigenvalue weighted by atomic mass is 35.5. The Bertz CT molecular complexity index is 540. The van der Waals surface area contributed by atoms with Crippen LogP contribution < -0.4 is 5.32 Å². The van der Waals surface area contributed by atoms with Crippen LogP contribution >= 0.6 is 11.6 Å². The first-order valence-electron chi connectivity index (χ1n) is 5.47. The van der Waals surface area contributed by atoms with E-state index in [1.807, 2.05) is 6.92 Å². The van der Waals surface area contributed by atoms with Crippen LogP contribution in [0, 0.1) is 0 Å². The molecule has 1 atom stereocenters. The number of phenols is 2. The summed E-state index contributed by atoms with van der Waals surface area (Å²) in [5.41, 5.74) is 1.22. The van der Waals surface area contributed by atoms with E-state index < -0.39 is 0 Å². The van der Waals surface area contributed by atoms with Gasteiger partial charge in [-0.2, -0.15) is 0 Å². The molecule has 0 saturated carbocycles. The quantitative estimate of drug-likeness (QED) is 0.744. The Labute approximate surface area is 110 Å². The van der Waals surface area contributed by atoms with Crippen LogP contribution in [0.3, 0.4) is 0 Å². The van der Waals surface area contributed by atoms with Gasteiger partial charge in [-0.1, -0.05) is 17.7 Å². The molecule has 0 spiro atoms. The van der Waals surface area contributed by atoms with Gasteiger partial charge in [-0.05, 0) is 31.2 Å². The number of nitrogens with one attached hydrogen (secondary N) is 1. The lowest BCUT2D eigenvalue weighted by Crippen LogP contribution is -2.07. The maximum atomic E-state index is 9.76. The molecule has 0 fully saturated rings. The van der Waals surface area contributed by atoms with Crippen molar-refractivity contribution in [3.63, 3.8) is 0 Å². The molecule has 5 heteroatoms. The van der Waals surface area contributed by atoms with Gasteiger partial charge in [0.05, 0.1) is 11.6 Å². The van der Waals surface area contributed by atoms with Crippen molar-refractivity contribution in [1.82, 2.24) is 4.98 Å². The largest absolute Gasteiger partial charge is 0.507 e. The summed E-state index contributed by atoms with van der Waals surface area (Å²) in [5.74, 6) is 0.102. The summed E-state index contributed by atoms with van der Waals surface area (Å²) in [5, 5.41) is 23.0. The van der Waals surface area contributed by atoms with E-state index in [-0.39, 0.29) is 17.5 Å². The van der Waals surface area contributed by atoms with Crippen molar-refractivity contribution in [1.29, 1.82) is 0 Å². The first kappa shape index (κ1) is 12.5. The number of halogens is 1. The van der Waals surface area contributed by atoms with E-state index in [0.29, 0.717) is 10.7 Å². The standard InChI is InChI=1S/C13H13ClN2O2/c1-8(13-10(17)3-2-4-11(13)18)16-9-5-6-15-12(14)7-9/h2-8,17-18H,1H3,(H,15,16). The maximum absolute atomic E-state index is 9.76. The van der Waals surface area contributed by atoms with Gasteiger partial charge in [0.2, 0.25) is 0 Å². The predicted octanol–water partition coefficient (Wildman–Crippen LogP) is 3.32. The minimum atomic E-state index is -0.260. The van der Waals surface area contributed by atoms with Crippen LogP contribution in [0.2, 0.25) is 5.15 Å². The zero-order chi connectivity index (χ0) is 13.1. The van der Waals surface area contributed by atoms with Gasteiger partial charge in [-0.3, -0.25) is 0 Å². The first-order chi connectivity index (χ1) is 8.58. The van der Waals surface area contributed by atoms with Crippen LogP contribution in [0.5, 0.6) is 11.5 Å². The lowest BCUT2D eigenvalue weighted by atomic mass is 10.1. The highest BCUT2D eigenvalue weighted by molar-refractivity contribution is 6.29. The molecule has 4 nitrogen and oxygen atoms in total. The number of aromatic nitrogens is 1. The molecule has 0 aliphatic rings. The van der Waals surface area contributed by atoms with Crippen LogP contribution in [-0.2, 0) is 0 Å². The Balaban J connectivity index is 2.25. The molecule has 3 N–H and O–H groups in total. The second-order valence-electron chi connectivity index (χ2n) is 3.94. The second-order valence-corrected chi connectivity index (χ2v) is 4.33. The Kier molecular flexibility index (Phi) is 3.58. The molecule has 0 aliphatic carbocycles. The molecular formula is C13H13ClN2O2. The molecule has 94 valence electrons. The highest BCUT2D eigenvalue weighted by Crippen LogP contribution is 2.34. The number of pyridine rings is 1. The molecule has 1 aromatic heterocycles. The van der Waals surface area contributed by atoms with Gasteiger partial charge in [-0.25, -0.2) is 4.98 Å². The fraction of sp³-hybridized carbons (Fsp3) is 0.154. The van der Waals surface area contributed by atoms with E-state index in [9.17, 15) is 10.2 Å². The molecule has 18 heavy (non-hydrogen) atoms. The molecule has 0 amide bonds. The summed E-state index contributed by atoms with van der Waals surface area (Å²) in [4.78, 5) is 3.88. The number of nitrogens with zero attached hydrogens (tertiary/aromatic N) is 1. The van der Waals surface area contributed by atoms with E-state index in [2.05, 4.69) is 10.3 Å². The molecule has 1 unspecified atom stereocenters. The van der Waals surface area contributed by atoms with E-state index in [4.69, 9.17) is 11.6 Å². The Hall–Kier alpha value is -1.94. The van der Waals surface area contributed by atoms with Gasteiger partial charge in [0, 0.05) is 11.9 Å². The third-order valence-electron chi connectivity index (χ3n) is 2.60. The van der Waals surface area contributed by atoms with E-state index in [0.717, 1.165) is 5.69 Å². The van der Waals surface area contributed by atoms with Gasteiger partial charge >= 0.3 is 0 Å². The van der Waals surface area contributed by atoms with Crippen LogP contribution in [0.15, 0.2) is 36.5 Å². The van der Waals surface area contributed by atoms with E-state index in [1.165, 1.54) is 12.1 Å². The molecule has 1 aromatic carbocycles. The smallest absolute Gasteiger partial charge is 0.131 e. The first-order valence-corrected chi connectivity index (χ1v) is 5.84. The Morgan fingerprint density at radius 3 is 2.50 bits per heavy atom. The SMILES string of the molecule is CC(Nc1ccnc(Cl)c1)c1c(O)cccc1O. The number of hydrogen-bond acceptors (Lipinski definition) is 4. The monoisotopic (exact) mass is 264 g/mol. The molecule has 1 heterocycles. The van der Waals surface area contributed by atoms with Crippen molar-refractivity contribution in [3.8, 4) is 11.5 Å². The Morgan fingerprint density at radius 1 is 1.22 bits per heavy atom. The summed E-state index contributed by atoms with van der Waals surface area (Å²) < 4.78 is 0. The number of rotatable bonds is 3. The van der Waals surface area contributed by atoms with Crippen molar-refractivity contribution >= 4 is 17.3 Å². The van der Waals surface area contributed by atoms with Crippen molar-refractivity contribution in [2.24, 2.45) is 0 Å². The minimum absolute atomic E-state index is 0.0511. The lowest BCUT2D eigenvalue weighted by molar-refractivity contribution is 0.434. The van der Waals surface area contributed by atoms with Crippen LogP contribution in [0.1, 0.15) is 18.5 Å². The number of aromatic hydroxyl groups is 2. The molecule has 0 radical (unpaired) electrons. The van der Waals surface area contributed by atoms with Crippen molar-refractivity contribution < 1.29 is 10.2 Å². The van der Waals surface area contributed by atoms with Gasteiger partial charge in [0.25, 0.3) is 0 Å². The van der Waals surface area contributed by atoms with Gasteiger partial charge in [-0.15, -0.1) is 0 Å². The van der Waals surface area contributed by atoms with Gasteiger partial charge < -0.3 is 15.5 Å². The molecule has 2 aromatic rings. The predicted molar refractivity (Wildman–Crippen MR) is 71.1 cm³/mol. The number of hydrogen-bond donors (Lipinski definition) is 3.